The van der Waals surface area contributed by atoms with Gasteiger partial charge in [-0.2, -0.15) is 0 Å². The number of aliphatic imine (C=N–C) groups is 1. The van der Waals surface area contributed by atoms with Crippen LogP contribution in [0.3, 0.4) is 0 Å². The average Bonchev–Trinajstić information content (AvgIpc) is 2.87. The Kier molecular flexibility index (Phi) is 7.78. The molecule has 0 radical (unpaired) electrons. The fraction of sp³-hybridized carbons (Fsp3) is 0.357. The predicted molar refractivity (Wildman–Crippen MR) is 94.5 cm³/mol. The minimum Gasteiger partial charge on any atom is -0.357 e. The van der Waals surface area contributed by atoms with Crippen LogP contribution in [0.2, 0.25) is 0 Å². The molecule has 0 unspecified atom stereocenters. The summed E-state index contributed by atoms with van der Waals surface area (Å²) in [6, 6.07) is 6.43. The van der Waals surface area contributed by atoms with E-state index in [2.05, 4.69) is 25.8 Å². The highest BCUT2D eigenvalue weighted by molar-refractivity contribution is 14.0. The van der Waals surface area contributed by atoms with Gasteiger partial charge in [0.25, 0.3) is 0 Å². The highest BCUT2D eigenvalue weighted by Crippen LogP contribution is 2.04. The smallest absolute Gasteiger partial charge is 0.191 e. The van der Waals surface area contributed by atoms with Crippen LogP contribution >= 0.6 is 24.0 Å². The molecule has 0 aliphatic rings. The topological polar surface area (TPSA) is 67.1 Å². The summed E-state index contributed by atoms with van der Waals surface area (Å²) in [6.45, 7) is 3.66. The molecule has 22 heavy (non-hydrogen) atoms. The van der Waals surface area contributed by atoms with Gasteiger partial charge in [-0.1, -0.05) is 12.1 Å². The van der Waals surface area contributed by atoms with Crippen molar-refractivity contribution in [2.24, 2.45) is 12.0 Å². The van der Waals surface area contributed by atoms with Gasteiger partial charge in [-0.05, 0) is 24.6 Å². The third-order valence-electron chi connectivity index (χ3n) is 2.87. The lowest BCUT2D eigenvalue weighted by Crippen LogP contribution is -2.37. The number of halogens is 2. The molecule has 0 amide bonds. The van der Waals surface area contributed by atoms with Crippen molar-refractivity contribution in [1.82, 2.24) is 25.4 Å². The number of aromatic nitrogens is 3. The van der Waals surface area contributed by atoms with Gasteiger partial charge in [0.15, 0.2) is 11.8 Å². The number of benzene rings is 1. The molecule has 2 N–H and O–H groups in total. The summed E-state index contributed by atoms with van der Waals surface area (Å²) in [7, 11) is 1.88. The van der Waals surface area contributed by atoms with Crippen molar-refractivity contribution in [2.75, 3.05) is 6.54 Å². The van der Waals surface area contributed by atoms with Gasteiger partial charge in [-0.3, -0.25) is 0 Å². The zero-order valence-electron chi connectivity index (χ0n) is 12.6. The molecule has 0 fully saturated rings. The van der Waals surface area contributed by atoms with Crippen LogP contribution in [0.1, 0.15) is 18.3 Å². The van der Waals surface area contributed by atoms with Gasteiger partial charge in [-0.25, -0.2) is 9.38 Å². The Bertz CT molecular complexity index is 613. The van der Waals surface area contributed by atoms with Crippen molar-refractivity contribution < 1.29 is 4.39 Å². The van der Waals surface area contributed by atoms with Gasteiger partial charge in [0, 0.05) is 13.6 Å². The van der Waals surface area contributed by atoms with E-state index in [0.717, 1.165) is 17.9 Å². The standard InChI is InChI=1S/C14H19FN6.HI/c1-3-16-14(18-9-13-20-19-10-21(13)2)17-8-11-5-4-6-12(15)7-11;/h4-7,10H,3,8-9H2,1-2H3,(H2,16,17,18);1H. The van der Waals surface area contributed by atoms with Crippen LogP contribution in [0.25, 0.3) is 0 Å². The van der Waals surface area contributed by atoms with Crippen molar-refractivity contribution in [3.8, 4) is 0 Å². The quantitative estimate of drug-likeness (QED) is 0.442. The van der Waals surface area contributed by atoms with E-state index >= 15 is 0 Å². The Balaban J connectivity index is 0.00000242. The lowest BCUT2D eigenvalue weighted by molar-refractivity contribution is 0.625. The molecule has 0 aliphatic carbocycles. The zero-order chi connectivity index (χ0) is 15.1. The van der Waals surface area contributed by atoms with Gasteiger partial charge in [0.1, 0.15) is 12.1 Å². The van der Waals surface area contributed by atoms with E-state index in [1.807, 2.05) is 24.6 Å². The molecule has 0 saturated carbocycles. The summed E-state index contributed by atoms with van der Waals surface area (Å²) in [4.78, 5) is 4.42. The van der Waals surface area contributed by atoms with Crippen molar-refractivity contribution >= 4 is 29.9 Å². The maximum absolute atomic E-state index is 13.1. The molecule has 1 aromatic heterocycles. The van der Waals surface area contributed by atoms with Crippen LogP contribution in [-0.2, 0) is 20.1 Å². The summed E-state index contributed by atoms with van der Waals surface area (Å²) < 4.78 is 15.0. The normalized spacial score (nSPS) is 11.0. The highest BCUT2D eigenvalue weighted by Gasteiger charge is 2.03. The van der Waals surface area contributed by atoms with Crippen LogP contribution in [0.4, 0.5) is 4.39 Å². The molecule has 0 atom stereocenters. The Labute approximate surface area is 146 Å². The second-order valence-corrected chi connectivity index (χ2v) is 4.54. The van der Waals surface area contributed by atoms with Crippen molar-refractivity contribution in [3.63, 3.8) is 0 Å². The van der Waals surface area contributed by atoms with E-state index in [-0.39, 0.29) is 29.8 Å². The van der Waals surface area contributed by atoms with Crippen molar-refractivity contribution in [2.45, 2.75) is 20.0 Å². The zero-order valence-corrected chi connectivity index (χ0v) is 14.9. The largest absolute Gasteiger partial charge is 0.357 e. The molecular weight excluding hydrogens is 398 g/mol. The van der Waals surface area contributed by atoms with Gasteiger partial charge in [0.05, 0.1) is 13.1 Å². The third-order valence-corrected chi connectivity index (χ3v) is 2.87. The maximum atomic E-state index is 13.1. The number of hydrogen-bond acceptors (Lipinski definition) is 3. The summed E-state index contributed by atoms with van der Waals surface area (Å²) >= 11 is 0. The Hall–Kier alpha value is -1.71. The first-order chi connectivity index (χ1) is 10.2. The minimum absolute atomic E-state index is 0. The summed E-state index contributed by atoms with van der Waals surface area (Å²) in [5.41, 5.74) is 0.825. The second kappa shape index (κ2) is 9.34. The fourth-order valence-corrected chi connectivity index (χ4v) is 1.78. The predicted octanol–water partition coefficient (Wildman–Crippen LogP) is 1.83. The third kappa shape index (κ3) is 5.58. The van der Waals surface area contributed by atoms with E-state index in [1.54, 1.807) is 12.4 Å². The first-order valence-corrected chi connectivity index (χ1v) is 6.78. The van der Waals surface area contributed by atoms with Crippen molar-refractivity contribution in [3.05, 3.63) is 47.8 Å². The molecule has 1 heterocycles. The van der Waals surface area contributed by atoms with Crippen LogP contribution in [0.15, 0.2) is 35.6 Å². The first-order valence-electron chi connectivity index (χ1n) is 6.78. The maximum Gasteiger partial charge on any atom is 0.191 e. The minimum atomic E-state index is -0.250. The Morgan fingerprint density at radius 2 is 2.18 bits per heavy atom. The summed E-state index contributed by atoms with van der Waals surface area (Å²) in [5, 5.41) is 14.1. The van der Waals surface area contributed by atoms with Gasteiger partial charge >= 0.3 is 0 Å². The van der Waals surface area contributed by atoms with E-state index in [1.165, 1.54) is 12.1 Å². The monoisotopic (exact) mass is 418 g/mol. The molecule has 0 saturated heterocycles. The van der Waals surface area contributed by atoms with E-state index in [0.29, 0.717) is 19.0 Å². The van der Waals surface area contributed by atoms with Crippen LogP contribution < -0.4 is 10.6 Å². The van der Waals surface area contributed by atoms with Gasteiger partial charge in [0.2, 0.25) is 0 Å². The van der Waals surface area contributed by atoms with Gasteiger partial charge in [-0.15, -0.1) is 34.2 Å². The van der Waals surface area contributed by atoms with E-state index in [4.69, 9.17) is 0 Å². The molecule has 1 aromatic carbocycles. The van der Waals surface area contributed by atoms with Crippen molar-refractivity contribution in [1.29, 1.82) is 0 Å². The molecule has 8 heteroatoms. The molecule has 0 bridgehead atoms. The van der Waals surface area contributed by atoms with E-state index < -0.39 is 0 Å². The number of aryl methyl sites for hydroxylation is 1. The lowest BCUT2D eigenvalue weighted by Gasteiger charge is -2.10. The first kappa shape index (κ1) is 18.3. The van der Waals surface area contributed by atoms with Crippen LogP contribution in [0.5, 0.6) is 0 Å². The molecule has 120 valence electrons. The number of guanidine groups is 1. The SMILES string of the molecule is CCNC(=NCc1cccc(F)c1)NCc1nncn1C.I. The molecule has 0 spiro atoms. The van der Waals surface area contributed by atoms with Crippen LogP contribution in [0, 0.1) is 5.82 Å². The van der Waals surface area contributed by atoms with Crippen LogP contribution in [-0.4, -0.2) is 27.3 Å². The number of nitrogens with one attached hydrogen (secondary N) is 2. The molecule has 2 aromatic rings. The molecular formula is C14H20FIN6. The fourth-order valence-electron chi connectivity index (χ4n) is 1.78. The number of rotatable bonds is 5. The Morgan fingerprint density at radius 3 is 2.82 bits per heavy atom. The van der Waals surface area contributed by atoms with E-state index in [9.17, 15) is 4.39 Å². The average molecular weight is 418 g/mol. The highest BCUT2D eigenvalue weighted by atomic mass is 127. The summed E-state index contributed by atoms with van der Waals surface area (Å²) in [6.07, 6.45) is 1.65. The molecule has 0 aliphatic heterocycles. The second-order valence-electron chi connectivity index (χ2n) is 4.54. The molecule has 6 nitrogen and oxygen atoms in total. The lowest BCUT2D eigenvalue weighted by atomic mass is 10.2. The Morgan fingerprint density at radius 1 is 1.36 bits per heavy atom. The summed E-state index contributed by atoms with van der Waals surface area (Å²) in [5.74, 6) is 1.22. The molecule has 2 rings (SSSR count). The van der Waals surface area contributed by atoms with Gasteiger partial charge < -0.3 is 15.2 Å². The number of hydrogen-bond donors (Lipinski definition) is 2. The number of nitrogens with zero attached hydrogens (tertiary/aromatic N) is 4.